The number of carbonyl (C=O) groups excluding carboxylic acids is 1. The van der Waals surface area contributed by atoms with Gasteiger partial charge in [0.2, 0.25) is 0 Å². The molecule has 4 heteroatoms. The van der Waals surface area contributed by atoms with Crippen LogP contribution in [0.1, 0.15) is 15.9 Å². The summed E-state index contributed by atoms with van der Waals surface area (Å²) < 4.78 is 27.0. The van der Waals surface area contributed by atoms with Crippen LogP contribution in [-0.4, -0.2) is 11.3 Å². The van der Waals surface area contributed by atoms with Gasteiger partial charge in [-0.05, 0) is 36.8 Å². The van der Waals surface area contributed by atoms with Gasteiger partial charge in [0.15, 0.2) is 6.29 Å². The van der Waals surface area contributed by atoms with E-state index >= 15 is 0 Å². The number of aromatic nitrogens is 1. The molecule has 0 aliphatic carbocycles. The molecule has 0 bridgehead atoms. The molecule has 0 N–H and O–H groups in total. The van der Waals surface area contributed by atoms with Crippen molar-refractivity contribution in [1.29, 1.82) is 0 Å². The zero-order valence-electron chi connectivity index (χ0n) is 9.08. The van der Waals surface area contributed by atoms with Crippen LogP contribution in [0.3, 0.4) is 0 Å². The molecule has 2 nitrogen and oxygen atoms in total. The molecule has 86 valence electrons. The van der Waals surface area contributed by atoms with E-state index in [1.54, 1.807) is 12.1 Å². The lowest BCUT2D eigenvalue weighted by molar-refractivity contribution is 0.111. The number of aryl methyl sites for hydroxylation is 1. The molecule has 0 saturated carbocycles. The SMILES string of the molecule is Cc1ccnc(-c2ccc(F)c(C=O)c2F)c1. The van der Waals surface area contributed by atoms with Crippen LogP contribution in [0.2, 0.25) is 0 Å². The highest BCUT2D eigenvalue weighted by Gasteiger charge is 2.14. The Kier molecular flexibility index (Phi) is 2.95. The normalized spacial score (nSPS) is 10.3. The molecule has 0 spiro atoms. The van der Waals surface area contributed by atoms with Gasteiger partial charge >= 0.3 is 0 Å². The second kappa shape index (κ2) is 4.41. The Morgan fingerprint density at radius 1 is 1.24 bits per heavy atom. The first-order valence-corrected chi connectivity index (χ1v) is 4.99. The number of hydrogen-bond donors (Lipinski definition) is 0. The van der Waals surface area contributed by atoms with Crippen molar-refractivity contribution in [2.45, 2.75) is 6.92 Å². The summed E-state index contributed by atoms with van der Waals surface area (Å²) in [5.41, 5.74) is 0.847. The predicted molar refractivity (Wildman–Crippen MR) is 59.7 cm³/mol. The molecule has 0 unspecified atom stereocenters. The number of aldehydes is 1. The van der Waals surface area contributed by atoms with Gasteiger partial charge in [0, 0.05) is 11.8 Å². The lowest BCUT2D eigenvalue weighted by atomic mass is 10.1. The first-order chi connectivity index (χ1) is 8.13. The topological polar surface area (TPSA) is 30.0 Å². The maximum absolute atomic E-state index is 13.8. The fourth-order valence-electron chi connectivity index (χ4n) is 1.56. The van der Waals surface area contributed by atoms with Crippen molar-refractivity contribution < 1.29 is 13.6 Å². The molecule has 0 atom stereocenters. The van der Waals surface area contributed by atoms with Gasteiger partial charge in [-0.1, -0.05) is 0 Å². The molecule has 0 radical (unpaired) electrons. The van der Waals surface area contributed by atoms with Crippen molar-refractivity contribution in [1.82, 2.24) is 4.98 Å². The van der Waals surface area contributed by atoms with E-state index < -0.39 is 17.2 Å². The van der Waals surface area contributed by atoms with Crippen molar-refractivity contribution >= 4 is 6.29 Å². The van der Waals surface area contributed by atoms with Gasteiger partial charge < -0.3 is 0 Å². The van der Waals surface area contributed by atoms with Crippen molar-refractivity contribution in [3.05, 3.63) is 53.2 Å². The Morgan fingerprint density at radius 2 is 2.00 bits per heavy atom. The summed E-state index contributed by atoms with van der Waals surface area (Å²) in [6, 6.07) is 5.78. The molecule has 0 saturated heterocycles. The van der Waals surface area contributed by atoms with Gasteiger partial charge in [-0.25, -0.2) is 8.78 Å². The Labute approximate surface area is 96.9 Å². The Balaban J connectivity index is 2.64. The Hall–Kier alpha value is -2.10. The van der Waals surface area contributed by atoms with E-state index in [1.165, 1.54) is 12.3 Å². The van der Waals surface area contributed by atoms with E-state index in [0.29, 0.717) is 5.69 Å². The second-order valence-electron chi connectivity index (χ2n) is 3.66. The molecule has 0 aliphatic rings. The smallest absolute Gasteiger partial charge is 0.155 e. The van der Waals surface area contributed by atoms with Crippen LogP contribution in [0.25, 0.3) is 11.3 Å². The lowest BCUT2D eigenvalue weighted by Gasteiger charge is -2.05. The van der Waals surface area contributed by atoms with Gasteiger partial charge in [-0.3, -0.25) is 9.78 Å². The summed E-state index contributed by atoms with van der Waals surface area (Å²) in [7, 11) is 0. The summed E-state index contributed by atoms with van der Waals surface area (Å²) in [5.74, 6) is -1.74. The minimum Gasteiger partial charge on any atom is -0.298 e. The zero-order valence-corrected chi connectivity index (χ0v) is 9.08. The van der Waals surface area contributed by atoms with Crippen LogP contribution in [-0.2, 0) is 0 Å². The van der Waals surface area contributed by atoms with Crippen molar-refractivity contribution in [3.8, 4) is 11.3 Å². The third-order valence-electron chi connectivity index (χ3n) is 2.44. The third-order valence-corrected chi connectivity index (χ3v) is 2.44. The highest BCUT2D eigenvalue weighted by Crippen LogP contribution is 2.24. The van der Waals surface area contributed by atoms with E-state index in [4.69, 9.17) is 0 Å². The predicted octanol–water partition coefficient (Wildman–Crippen LogP) is 3.15. The summed E-state index contributed by atoms with van der Waals surface area (Å²) in [6.45, 7) is 1.84. The van der Waals surface area contributed by atoms with E-state index in [0.717, 1.165) is 11.6 Å². The van der Waals surface area contributed by atoms with Crippen molar-refractivity contribution in [3.63, 3.8) is 0 Å². The fraction of sp³-hybridized carbons (Fsp3) is 0.0769. The summed E-state index contributed by atoms with van der Waals surface area (Å²) >= 11 is 0. The molecule has 1 aromatic carbocycles. The number of nitrogens with zero attached hydrogens (tertiary/aromatic N) is 1. The van der Waals surface area contributed by atoms with E-state index in [9.17, 15) is 13.6 Å². The van der Waals surface area contributed by atoms with Gasteiger partial charge in [0.25, 0.3) is 0 Å². The van der Waals surface area contributed by atoms with Crippen molar-refractivity contribution in [2.24, 2.45) is 0 Å². The van der Waals surface area contributed by atoms with Crippen LogP contribution in [0, 0.1) is 18.6 Å². The van der Waals surface area contributed by atoms with Crippen LogP contribution >= 0.6 is 0 Å². The Morgan fingerprint density at radius 3 is 2.65 bits per heavy atom. The third kappa shape index (κ3) is 2.06. The average Bonchev–Trinajstić information content (AvgIpc) is 2.29. The van der Waals surface area contributed by atoms with Crippen LogP contribution in [0.5, 0.6) is 0 Å². The van der Waals surface area contributed by atoms with Gasteiger partial charge in [0.05, 0.1) is 11.3 Å². The molecule has 2 rings (SSSR count). The molecule has 0 fully saturated rings. The molecule has 2 aromatic rings. The largest absolute Gasteiger partial charge is 0.298 e. The second-order valence-corrected chi connectivity index (χ2v) is 3.66. The average molecular weight is 233 g/mol. The van der Waals surface area contributed by atoms with Crippen LogP contribution < -0.4 is 0 Å². The summed E-state index contributed by atoms with van der Waals surface area (Å²) in [5, 5.41) is 0. The highest BCUT2D eigenvalue weighted by atomic mass is 19.1. The number of pyridine rings is 1. The van der Waals surface area contributed by atoms with E-state index in [1.807, 2.05) is 6.92 Å². The van der Waals surface area contributed by atoms with Gasteiger partial charge in [-0.2, -0.15) is 0 Å². The first-order valence-electron chi connectivity index (χ1n) is 4.99. The fourth-order valence-corrected chi connectivity index (χ4v) is 1.56. The first kappa shape index (κ1) is 11.4. The van der Waals surface area contributed by atoms with Crippen LogP contribution in [0.15, 0.2) is 30.5 Å². The minimum atomic E-state index is -0.877. The molecular weight excluding hydrogens is 224 g/mol. The maximum Gasteiger partial charge on any atom is 0.155 e. The number of carbonyl (C=O) groups is 1. The molecule has 0 aliphatic heterocycles. The zero-order chi connectivity index (χ0) is 12.4. The summed E-state index contributed by atoms with van der Waals surface area (Å²) in [4.78, 5) is 14.6. The Bertz CT molecular complexity index is 582. The van der Waals surface area contributed by atoms with E-state index in [2.05, 4.69) is 4.98 Å². The number of hydrogen-bond acceptors (Lipinski definition) is 2. The quantitative estimate of drug-likeness (QED) is 0.746. The monoisotopic (exact) mass is 233 g/mol. The molecule has 0 amide bonds. The van der Waals surface area contributed by atoms with Crippen LogP contribution in [0.4, 0.5) is 8.78 Å². The summed E-state index contributed by atoms with van der Waals surface area (Å²) in [6.07, 6.45) is 1.71. The minimum absolute atomic E-state index is 0.122. The molecule has 1 heterocycles. The van der Waals surface area contributed by atoms with Crippen molar-refractivity contribution in [2.75, 3.05) is 0 Å². The maximum atomic E-state index is 13.8. The number of rotatable bonds is 2. The van der Waals surface area contributed by atoms with Gasteiger partial charge in [-0.15, -0.1) is 0 Å². The molecule has 17 heavy (non-hydrogen) atoms. The number of benzene rings is 1. The lowest BCUT2D eigenvalue weighted by Crippen LogP contribution is -1.97. The molecular formula is C13H9F2NO. The van der Waals surface area contributed by atoms with E-state index in [-0.39, 0.29) is 11.8 Å². The highest BCUT2D eigenvalue weighted by molar-refractivity contribution is 5.79. The standard InChI is InChI=1S/C13H9F2NO/c1-8-4-5-16-12(6-8)9-2-3-11(14)10(7-17)13(9)15/h2-7H,1H3. The van der Waals surface area contributed by atoms with Gasteiger partial charge in [0.1, 0.15) is 11.6 Å². The molecule has 1 aromatic heterocycles. The number of halogens is 2.